The normalized spacial score (nSPS) is 11.2. The summed E-state index contributed by atoms with van der Waals surface area (Å²) in [7, 11) is 0. The molecule has 3 aromatic rings. The van der Waals surface area contributed by atoms with Crippen molar-refractivity contribution in [1.82, 2.24) is 9.55 Å². The summed E-state index contributed by atoms with van der Waals surface area (Å²) in [5.41, 5.74) is 0.307. The van der Waals surface area contributed by atoms with Gasteiger partial charge in [-0.25, -0.2) is 13.2 Å². The Morgan fingerprint density at radius 1 is 1.05 bits per heavy atom. The molecule has 0 spiro atoms. The SMILES string of the molecule is Fc1cc(F)c2[nH]c(=S)n(-c3ccc(Br)cc3F)c2c1. The Hall–Kier alpha value is -1.60. The van der Waals surface area contributed by atoms with Crippen LogP contribution in [0.5, 0.6) is 0 Å². The first-order chi connectivity index (χ1) is 9.47. The van der Waals surface area contributed by atoms with Crippen LogP contribution < -0.4 is 0 Å². The maximum Gasteiger partial charge on any atom is 0.182 e. The fourth-order valence-electron chi connectivity index (χ4n) is 2.03. The Bertz CT molecular complexity index is 885. The van der Waals surface area contributed by atoms with Crippen molar-refractivity contribution in [3.05, 3.63) is 57.0 Å². The number of rotatable bonds is 1. The van der Waals surface area contributed by atoms with E-state index in [2.05, 4.69) is 20.9 Å². The molecule has 0 aliphatic carbocycles. The minimum atomic E-state index is -0.776. The van der Waals surface area contributed by atoms with Gasteiger partial charge in [0.15, 0.2) is 10.6 Å². The molecule has 0 fully saturated rings. The fraction of sp³-hybridized carbons (Fsp3) is 0. The molecule has 0 radical (unpaired) electrons. The molecule has 7 heteroatoms. The van der Waals surface area contributed by atoms with Gasteiger partial charge in [-0.2, -0.15) is 0 Å². The average molecular weight is 359 g/mol. The highest BCUT2D eigenvalue weighted by atomic mass is 79.9. The first-order valence-electron chi connectivity index (χ1n) is 5.52. The first-order valence-corrected chi connectivity index (χ1v) is 6.72. The van der Waals surface area contributed by atoms with E-state index in [1.165, 1.54) is 16.7 Å². The number of hydrogen-bond acceptors (Lipinski definition) is 1. The maximum absolute atomic E-state index is 14.0. The second-order valence-electron chi connectivity index (χ2n) is 4.14. The number of nitrogens with zero attached hydrogens (tertiary/aromatic N) is 1. The lowest BCUT2D eigenvalue weighted by atomic mass is 10.2. The highest BCUT2D eigenvalue weighted by molar-refractivity contribution is 9.10. The molecule has 0 saturated carbocycles. The van der Waals surface area contributed by atoms with Crippen molar-refractivity contribution < 1.29 is 13.2 Å². The van der Waals surface area contributed by atoms with Crippen LogP contribution in [0.25, 0.3) is 16.7 Å². The number of fused-ring (bicyclic) bond motifs is 1. The van der Waals surface area contributed by atoms with Gasteiger partial charge in [-0.15, -0.1) is 0 Å². The highest BCUT2D eigenvalue weighted by Crippen LogP contribution is 2.26. The van der Waals surface area contributed by atoms with Gasteiger partial charge in [0.05, 0.1) is 11.2 Å². The third-order valence-corrected chi connectivity index (χ3v) is 3.64. The van der Waals surface area contributed by atoms with E-state index in [1.54, 1.807) is 6.07 Å². The Labute approximate surface area is 125 Å². The first kappa shape index (κ1) is 13.4. The summed E-state index contributed by atoms with van der Waals surface area (Å²) in [6.45, 7) is 0. The molecule has 2 aromatic carbocycles. The van der Waals surface area contributed by atoms with Crippen molar-refractivity contribution in [2.75, 3.05) is 0 Å². The predicted octanol–water partition coefficient (Wildman–Crippen LogP) is 4.87. The number of imidazole rings is 1. The van der Waals surface area contributed by atoms with Crippen LogP contribution in [0.15, 0.2) is 34.8 Å². The van der Waals surface area contributed by atoms with Crippen molar-refractivity contribution in [3.63, 3.8) is 0 Å². The third-order valence-electron chi connectivity index (χ3n) is 2.86. The van der Waals surface area contributed by atoms with Crippen molar-refractivity contribution in [2.24, 2.45) is 0 Å². The lowest BCUT2D eigenvalue weighted by molar-refractivity contribution is 0.590. The van der Waals surface area contributed by atoms with Crippen LogP contribution in [-0.4, -0.2) is 9.55 Å². The van der Waals surface area contributed by atoms with Gasteiger partial charge in [-0.3, -0.25) is 4.57 Å². The number of hydrogen-bond donors (Lipinski definition) is 1. The molecule has 1 N–H and O–H groups in total. The van der Waals surface area contributed by atoms with Crippen LogP contribution in [-0.2, 0) is 0 Å². The molecule has 0 aliphatic heterocycles. The van der Waals surface area contributed by atoms with Crippen LogP contribution in [0.4, 0.5) is 13.2 Å². The molecule has 0 amide bonds. The third kappa shape index (κ3) is 2.06. The lowest BCUT2D eigenvalue weighted by Gasteiger charge is -2.06. The van der Waals surface area contributed by atoms with E-state index in [1.807, 2.05) is 0 Å². The summed E-state index contributed by atoms with van der Waals surface area (Å²) in [6.07, 6.45) is 0. The highest BCUT2D eigenvalue weighted by Gasteiger charge is 2.14. The Kier molecular flexibility index (Phi) is 3.18. The van der Waals surface area contributed by atoms with Gasteiger partial charge in [0.2, 0.25) is 0 Å². The lowest BCUT2D eigenvalue weighted by Crippen LogP contribution is -1.98. The van der Waals surface area contributed by atoms with Crippen LogP contribution >= 0.6 is 28.1 Å². The Morgan fingerprint density at radius 3 is 2.50 bits per heavy atom. The molecule has 102 valence electrons. The van der Waals surface area contributed by atoms with Gasteiger partial charge in [-0.05, 0) is 30.4 Å². The fourth-order valence-corrected chi connectivity index (χ4v) is 2.67. The molecule has 2 nitrogen and oxygen atoms in total. The van der Waals surface area contributed by atoms with E-state index in [4.69, 9.17) is 12.2 Å². The maximum atomic E-state index is 14.0. The standard InChI is InChI=1S/C13H6BrF3N2S/c14-6-1-2-10(8(16)3-6)19-11-5-7(15)4-9(17)12(11)18-13(19)20/h1-5H,(H,18,20). The largest absolute Gasteiger partial charge is 0.328 e. The summed E-state index contributed by atoms with van der Waals surface area (Å²) in [4.78, 5) is 2.62. The van der Waals surface area contributed by atoms with E-state index in [0.717, 1.165) is 12.1 Å². The van der Waals surface area contributed by atoms with Crippen molar-refractivity contribution in [3.8, 4) is 5.69 Å². The molecule has 0 bridgehead atoms. The molecular weight excluding hydrogens is 353 g/mol. The minimum Gasteiger partial charge on any atom is -0.328 e. The molecule has 1 aromatic heterocycles. The summed E-state index contributed by atoms with van der Waals surface area (Å²) < 4.78 is 43.0. The molecule has 20 heavy (non-hydrogen) atoms. The van der Waals surface area contributed by atoms with Crippen molar-refractivity contribution in [2.45, 2.75) is 0 Å². The second kappa shape index (κ2) is 4.75. The molecule has 0 saturated heterocycles. The van der Waals surface area contributed by atoms with Crippen LogP contribution in [0, 0.1) is 22.2 Å². The number of nitrogens with one attached hydrogen (secondary N) is 1. The zero-order chi connectivity index (χ0) is 14.4. The van der Waals surface area contributed by atoms with Gasteiger partial charge in [0.25, 0.3) is 0 Å². The number of aromatic nitrogens is 2. The van der Waals surface area contributed by atoms with E-state index in [-0.39, 0.29) is 21.5 Å². The number of aromatic amines is 1. The minimum absolute atomic E-state index is 0.0405. The van der Waals surface area contributed by atoms with Gasteiger partial charge >= 0.3 is 0 Å². The Balaban J connectivity index is 2.42. The molecule has 0 aliphatic rings. The topological polar surface area (TPSA) is 20.7 Å². The van der Waals surface area contributed by atoms with Crippen LogP contribution in [0.2, 0.25) is 0 Å². The van der Waals surface area contributed by atoms with Crippen LogP contribution in [0.1, 0.15) is 0 Å². The van der Waals surface area contributed by atoms with Gasteiger partial charge in [0, 0.05) is 16.6 Å². The van der Waals surface area contributed by atoms with E-state index in [9.17, 15) is 13.2 Å². The summed E-state index contributed by atoms with van der Waals surface area (Å²) in [6, 6.07) is 6.20. The van der Waals surface area contributed by atoms with E-state index >= 15 is 0 Å². The smallest absolute Gasteiger partial charge is 0.182 e. The number of H-pyrrole nitrogens is 1. The summed E-state index contributed by atoms with van der Waals surface area (Å²) >= 11 is 8.22. The van der Waals surface area contributed by atoms with E-state index < -0.39 is 17.5 Å². The van der Waals surface area contributed by atoms with Gasteiger partial charge in [0.1, 0.15) is 17.2 Å². The number of halogens is 4. The molecule has 0 unspecified atom stereocenters. The molecule has 1 heterocycles. The Morgan fingerprint density at radius 2 is 1.80 bits per heavy atom. The second-order valence-corrected chi connectivity index (χ2v) is 5.45. The van der Waals surface area contributed by atoms with Crippen molar-refractivity contribution >= 4 is 39.2 Å². The van der Waals surface area contributed by atoms with Crippen molar-refractivity contribution in [1.29, 1.82) is 0 Å². The molecular formula is C13H6BrF3N2S. The monoisotopic (exact) mass is 358 g/mol. The van der Waals surface area contributed by atoms with E-state index in [0.29, 0.717) is 4.47 Å². The number of benzene rings is 2. The van der Waals surface area contributed by atoms with Gasteiger partial charge < -0.3 is 4.98 Å². The average Bonchev–Trinajstić information content (AvgIpc) is 2.67. The molecule has 0 atom stereocenters. The summed E-state index contributed by atoms with van der Waals surface area (Å²) in [5.74, 6) is -2.08. The predicted molar refractivity (Wildman–Crippen MR) is 76.0 cm³/mol. The van der Waals surface area contributed by atoms with Crippen LogP contribution in [0.3, 0.4) is 0 Å². The van der Waals surface area contributed by atoms with Gasteiger partial charge in [-0.1, -0.05) is 15.9 Å². The summed E-state index contributed by atoms with van der Waals surface area (Å²) in [5, 5.41) is 0. The molecule has 3 rings (SSSR count). The quantitative estimate of drug-likeness (QED) is 0.615. The zero-order valence-corrected chi connectivity index (χ0v) is 12.2. The zero-order valence-electron chi connectivity index (χ0n) is 9.75.